The molecule has 1 aliphatic heterocycles. The zero-order valence-corrected chi connectivity index (χ0v) is 12.3. The van der Waals surface area contributed by atoms with Gasteiger partial charge in [0.05, 0.1) is 12.7 Å². The average Bonchev–Trinajstić information content (AvgIpc) is 2.41. The molecule has 20 heavy (non-hydrogen) atoms. The van der Waals surface area contributed by atoms with Gasteiger partial charge < -0.3 is 10.5 Å². The van der Waals surface area contributed by atoms with Gasteiger partial charge in [0.15, 0.2) is 0 Å². The fourth-order valence-corrected chi connectivity index (χ4v) is 2.79. The van der Waals surface area contributed by atoms with Crippen molar-refractivity contribution < 1.29 is 4.74 Å². The van der Waals surface area contributed by atoms with Gasteiger partial charge >= 0.3 is 0 Å². The molecule has 3 N–H and O–H groups in total. The lowest BCUT2D eigenvalue weighted by Crippen LogP contribution is -2.27. The Morgan fingerprint density at radius 1 is 1.20 bits per heavy atom. The number of nitrogens with zero attached hydrogens (tertiary/aromatic N) is 1. The smallest absolute Gasteiger partial charge is 0.130 e. The van der Waals surface area contributed by atoms with Crippen LogP contribution in [0.2, 0.25) is 0 Å². The molecule has 0 atom stereocenters. The van der Waals surface area contributed by atoms with Crippen LogP contribution >= 0.6 is 0 Å². The molecule has 0 spiro atoms. The van der Waals surface area contributed by atoms with Crippen LogP contribution in [-0.4, -0.2) is 30.9 Å². The minimum absolute atomic E-state index is 0.0552. The van der Waals surface area contributed by atoms with Crippen LogP contribution in [0.15, 0.2) is 18.2 Å². The molecule has 0 amide bonds. The molecular formula is C16H25N3O. The zero-order chi connectivity index (χ0) is 14.4. The Bertz CT molecular complexity index is 451. The number of amidine groups is 1. The Morgan fingerprint density at radius 2 is 1.85 bits per heavy atom. The Hall–Kier alpha value is -1.55. The van der Waals surface area contributed by atoms with Gasteiger partial charge in [-0.25, -0.2) is 0 Å². The van der Waals surface area contributed by atoms with E-state index in [0.29, 0.717) is 11.3 Å². The van der Waals surface area contributed by atoms with Crippen LogP contribution in [0.4, 0.5) is 0 Å². The number of likely N-dealkylation sites (tertiary alicyclic amines) is 1. The van der Waals surface area contributed by atoms with Crippen LogP contribution < -0.4 is 10.5 Å². The Labute approximate surface area is 121 Å². The van der Waals surface area contributed by atoms with E-state index in [9.17, 15) is 0 Å². The second-order valence-electron chi connectivity index (χ2n) is 5.49. The van der Waals surface area contributed by atoms with Crippen molar-refractivity contribution in [2.75, 3.05) is 20.2 Å². The van der Waals surface area contributed by atoms with Crippen LogP contribution in [0.1, 0.15) is 43.2 Å². The Balaban J connectivity index is 2.06. The van der Waals surface area contributed by atoms with Crippen molar-refractivity contribution in [1.82, 2.24) is 4.90 Å². The molecule has 1 fully saturated rings. The number of nitrogens with two attached hydrogens (primary N) is 1. The first-order chi connectivity index (χ1) is 9.70. The minimum Gasteiger partial charge on any atom is -0.496 e. The van der Waals surface area contributed by atoms with E-state index in [4.69, 9.17) is 15.9 Å². The number of ether oxygens (including phenoxy) is 1. The number of nitrogens with one attached hydrogen (secondary N) is 1. The molecular weight excluding hydrogens is 250 g/mol. The summed E-state index contributed by atoms with van der Waals surface area (Å²) in [7, 11) is 1.63. The second-order valence-corrected chi connectivity index (χ2v) is 5.49. The summed E-state index contributed by atoms with van der Waals surface area (Å²) in [5.74, 6) is 0.752. The first kappa shape index (κ1) is 14.9. The third-order valence-electron chi connectivity index (χ3n) is 3.91. The van der Waals surface area contributed by atoms with E-state index < -0.39 is 0 Å². The van der Waals surface area contributed by atoms with Crippen LogP contribution in [0, 0.1) is 5.41 Å². The normalized spacial score (nSPS) is 17.2. The van der Waals surface area contributed by atoms with Crippen LogP contribution in [-0.2, 0) is 6.54 Å². The van der Waals surface area contributed by atoms with Gasteiger partial charge in [-0.2, -0.15) is 0 Å². The molecule has 1 aromatic rings. The first-order valence-electron chi connectivity index (χ1n) is 7.44. The van der Waals surface area contributed by atoms with Gasteiger partial charge in [-0.15, -0.1) is 0 Å². The van der Waals surface area contributed by atoms with E-state index >= 15 is 0 Å². The summed E-state index contributed by atoms with van der Waals surface area (Å²) in [6.45, 7) is 3.31. The lowest BCUT2D eigenvalue weighted by Gasteiger charge is -2.24. The molecule has 0 unspecified atom stereocenters. The summed E-state index contributed by atoms with van der Waals surface area (Å²) in [5, 5.41) is 7.54. The van der Waals surface area contributed by atoms with E-state index in [1.807, 2.05) is 12.1 Å². The highest BCUT2D eigenvalue weighted by Crippen LogP contribution is 2.21. The lowest BCUT2D eigenvalue weighted by molar-refractivity contribution is 0.239. The Morgan fingerprint density at radius 3 is 2.45 bits per heavy atom. The van der Waals surface area contributed by atoms with Crippen LogP contribution in [0.5, 0.6) is 5.75 Å². The first-order valence-corrected chi connectivity index (χ1v) is 7.44. The molecule has 1 aromatic carbocycles. The highest BCUT2D eigenvalue weighted by molar-refractivity contribution is 5.97. The molecule has 0 aromatic heterocycles. The molecule has 4 nitrogen and oxygen atoms in total. The van der Waals surface area contributed by atoms with Gasteiger partial charge in [0, 0.05) is 6.54 Å². The fourth-order valence-electron chi connectivity index (χ4n) is 2.79. The van der Waals surface area contributed by atoms with Gasteiger partial charge in [-0.3, -0.25) is 10.3 Å². The summed E-state index contributed by atoms with van der Waals surface area (Å²) >= 11 is 0. The summed E-state index contributed by atoms with van der Waals surface area (Å²) in [6.07, 6.45) is 6.67. The molecule has 1 heterocycles. The second kappa shape index (κ2) is 7.29. The third-order valence-corrected chi connectivity index (χ3v) is 3.91. The topological polar surface area (TPSA) is 62.3 Å². The van der Waals surface area contributed by atoms with Crippen molar-refractivity contribution in [3.63, 3.8) is 0 Å². The maximum Gasteiger partial charge on any atom is 0.130 e. The molecule has 1 aliphatic rings. The monoisotopic (exact) mass is 275 g/mol. The molecule has 0 aliphatic carbocycles. The summed E-state index contributed by atoms with van der Waals surface area (Å²) in [4.78, 5) is 2.52. The van der Waals surface area contributed by atoms with E-state index in [1.54, 1.807) is 7.11 Å². The lowest BCUT2D eigenvalue weighted by atomic mass is 10.1. The summed E-state index contributed by atoms with van der Waals surface area (Å²) in [6, 6.07) is 5.95. The van der Waals surface area contributed by atoms with Crippen molar-refractivity contribution in [3.05, 3.63) is 29.3 Å². The SMILES string of the molecule is COc1cc(CN2CCCCCCC2)ccc1C(=N)N. The predicted molar refractivity (Wildman–Crippen MR) is 82.4 cm³/mol. The van der Waals surface area contributed by atoms with E-state index in [0.717, 1.165) is 6.54 Å². The number of methoxy groups -OCH3 is 1. The number of benzene rings is 1. The molecule has 0 radical (unpaired) electrons. The highest BCUT2D eigenvalue weighted by Gasteiger charge is 2.11. The number of hydrogen-bond donors (Lipinski definition) is 2. The van der Waals surface area contributed by atoms with Crippen molar-refractivity contribution >= 4 is 5.84 Å². The molecule has 110 valence electrons. The number of hydrogen-bond acceptors (Lipinski definition) is 3. The number of rotatable bonds is 4. The van der Waals surface area contributed by atoms with E-state index in [-0.39, 0.29) is 5.84 Å². The van der Waals surface area contributed by atoms with Gasteiger partial charge in [0.2, 0.25) is 0 Å². The van der Waals surface area contributed by atoms with Crippen molar-refractivity contribution in [2.45, 2.75) is 38.6 Å². The van der Waals surface area contributed by atoms with E-state index in [1.165, 1.54) is 50.8 Å². The molecule has 1 saturated heterocycles. The molecule has 0 bridgehead atoms. The van der Waals surface area contributed by atoms with Gasteiger partial charge in [-0.1, -0.05) is 25.3 Å². The van der Waals surface area contributed by atoms with Crippen molar-refractivity contribution in [3.8, 4) is 5.75 Å². The van der Waals surface area contributed by atoms with E-state index in [2.05, 4.69) is 11.0 Å². The average molecular weight is 275 g/mol. The fraction of sp³-hybridized carbons (Fsp3) is 0.562. The summed E-state index contributed by atoms with van der Waals surface area (Å²) < 4.78 is 5.34. The Kier molecular flexibility index (Phi) is 5.41. The van der Waals surface area contributed by atoms with Crippen molar-refractivity contribution in [2.24, 2.45) is 5.73 Å². The third kappa shape index (κ3) is 3.97. The minimum atomic E-state index is 0.0552. The summed E-state index contributed by atoms with van der Waals surface area (Å²) in [5.41, 5.74) is 7.45. The largest absolute Gasteiger partial charge is 0.496 e. The molecule has 2 rings (SSSR count). The molecule has 0 saturated carbocycles. The predicted octanol–water partition coefficient (Wildman–Crippen LogP) is 2.75. The van der Waals surface area contributed by atoms with Crippen molar-refractivity contribution in [1.29, 1.82) is 5.41 Å². The van der Waals surface area contributed by atoms with Crippen LogP contribution in [0.25, 0.3) is 0 Å². The molecule has 4 heteroatoms. The zero-order valence-electron chi connectivity index (χ0n) is 12.3. The number of nitrogen functional groups attached to an aromatic ring is 1. The maximum atomic E-state index is 7.54. The van der Waals surface area contributed by atoms with Gasteiger partial charge in [0.25, 0.3) is 0 Å². The van der Waals surface area contributed by atoms with Gasteiger partial charge in [0.1, 0.15) is 11.6 Å². The highest BCUT2D eigenvalue weighted by atomic mass is 16.5. The quantitative estimate of drug-likeness (QED) is 0.656. The standard InChI is InChI=1S/C16H25N3O/c1-20-15-11-13(7-8-14(15)16(17)18)12-19-9-5-3-2-4-6-10-19/h7-8,11H,2-6,9-10,12H2,1H3,(H3,17,18). The maximum absolute atomic E-state index is 7.54. The van der Waals surface area contributed by atoms with Crippen LogP contribution in [0.3, 0.4) is 0 Å². The van der Waals surface area contributed by atoms with Gasteiger partial charge in [-0.05, 0) is 43.6 Å².